The van der Waals surface area contributed by atoms with Crippen molar-refractivity contribution in [2.24, 2.45) is 0 Å². The van der Waals surface area contributed by atoms with Crippen molar-refractivity contribution in [1.29, 1.82) is 0 Å². The van der Waals surface area contributed by atoms with Crippen LogP contribution in [0.2, 0.25) is 0 Å². The molecule has 0 saturated heterocycles. The van der Waals surface area contributed by atoms with Crippen molar-refractivity contribution in [2.45, 2.75) is 0 Å². The van der Waals surface area contributed by atoms with E-state index >= 15 is 0 Å². The predicted molar refractivity (Wildman–Crippen MR) is 84.6 cm³/mol. The van der Waals surface area contributed by atoms with Gasteiger partial charge in [0.2, 0.25) is 0 Å². The van der Waals surface area contributed by atoms with Gasteiger partial charge in [0.15, 0.2) is 0 Å². The SMILES string of the molecule is COC(=O)Nc1ccc(NC(=O)c2ccc(Br)cc2)cc1. The van der Waals surface area contributed by atoms with Crippen LogP contribution in [0.1, 0.15) is 10.4 Å². The molecule has 0 aliphatic rings. The number of rotatable bonds is 3. The number of nitrogens with one attached hydrogen (secondary N) is 2. The van der Waals surface area contributed by atoms with Crippen LogP contribution in [0.3, 0.4) is 0 Å². The lowest BCUT2D eigenvalue weighted by Crippen LogP contribution is -2.12. The summed E-state index contributed by atoms with van der Waals surface area (Å²) in [5.41, 5.74) is 1.79. The summed E-state index contributed by atoms with van der Waals surface area (Å²) in [6.07, 6.45) is -0.540. The number of amides is 2. The van der Waals surface area contributed by atoms with Gasteiger partial charge in [0.25, 0.3) is 5.91 Å². The zero-order chi connectivity index (χ0) is 15.2. The van der Waals surface area contributed by atoms with Crippen LogP contribution in [0.15, 0.2) is 53.0 Å². The van der Waals surface area contributed by atoms with Crippen LogP contribution >= 0.6 is 15.9 Å². The second kappa shape index (κ2) is 6.90. The molecule has 0 saturated carbocycles. The van der Waals surface area contributed by atoms with Crippen molar-refractivity contribution in [3.8, 4) is 0 Å². The summed E-state index contributed by atoms with van der Waals surface area (Å²) in [7, 11) is 1.29. The van der Waals surface area contributed by atoms with Crippen LogP contribution in [-0.4, -0.2) is 19.1 Å². The highest BCUT2D eigenvalue weighted by Crippen LogP contribution is 2.16. The summed E-state index contributed by atoms with van der Waals surface area (Å²) >= 11 is 3.32. The molecule has 0 radical (unpaired) electrons. The van der Waals surface area contributed by atoms with Crippen molar-refractivity contribution in [3.05, 3.63) is 58.6 Å². The first-order valence-electron chi connectivity index (χ1n) is 6.10. The Hall–Kier alpha value is -2.34. The minimum absolute atomic E-state index is 0.198. The van der Waals surface area contributed by atoms with Crippen LogP contribution in [0.5, 0.6) is 0 Å². The molecular formula is C15H13BrN2O3. The third kappa shape index (κ3) is 4.32. The van der Waals surface area contributed by atoms with E-state index in [1.165, 1.54) is 7.11 Å². The Kier molecular flexibility index (Phi) is 4.94. The number of hydrogen-bond acceptors (Lipinski definition) is 3. The standard InChI is InChI=1S/C15H13BrN2O3/c1-21-15(20)18-13-8-6-12(7-9-13)17-14(19)10-2-4-11(16)5-3-10/h2-9H,1H3,(H,17,19)(H,18,20). The number of hydrogen-bond donors (Lipinski definition) is 2. The van der Waals surface area contributed by atoms with Gasteiger partial charge >= 0.3 is 6.09 Å². The van der Waals surface area contributed by atoms with Gasteiger partial charge in [0.05, 0.1) is 7.11 Å². The van der Waals surface area contributed by atoms with Gasteiger partial charge < -0.3 is 10.1 Å². The maximum atomic E-state index is 12.0. The van der Waals surface area contributed by atoms with Crippen molar-refractivity contribution < 1.29 is 14.3 Å². The summed E-state index contributed by atoms with van der Waals surface area (Å²) in [5.74, 6) is -0.198. The van der Waals surface area contributed by atoms with E-state index in [2.05, 4.69) is 31.3 Å². The highest BCUT2D eigenvalue weighted by Gasteiger charge is 2.06. The van der Waals surface area contributed by atoms with E-state index in [4.69, 9.17) is 0 Å². The van der Waals surface area contributed by atoms with Gasteiger partial charge in [-0.05, 0) is 48.5 Å². The normalized spacial score (nSPS) is 9.81. The summed E-state index contributed by atoms with van der Waals surface area (Å²) in [6, 6.07) is 13.8. The minimum atomic E-state index is -0.540. The van der Waals surface area contributed by atoms with E-state index in [0.29, 0.717) is 16.9 Å². The molecule has 0 heterocycles. The molecule has 0 aromatic heterocycles. The number of methoxy groups -OCH3 is 1. The molecule has 2 N–H and O–H groups in total. The van der Waals surface area contributed by atoms with Crippen LogP contribution in [-0.2, 0) is 4.74 Å². The molecule has 0 aliphatic carbocycles. The van der Waals surface area contributed by atoms with Gasteiger partial charge in [-0.2, -0.15) is 0 Å². The fraction of sp³-hybridized carbons (Fsp3) is 0.0667. The number of carbonyl (C=O) groups is 2. The smallest absolute Gasteiger partial charge is 0.411 e. The van der Waals surface area contributed by atoms with E-state index in [0.717, 1.165) is 4.47 Å². The Morgan fingerprint density at radius 3 is 1.95 bits per heavy atom. The van der Waals surface area contributed by atoms with E-state index in [-0.39, 0.29) is 5.91 Å². The zero-order valence-corrected chi connectivity index (χ0v) is 12.8. The molecule has 0 atom stereocenters. The lowest BCUT2D eigenvalue weighted by Gasteiger charge is -2.07. The monoisotopic (exact) mass is 348 g/mol. The van der Waals surface area contributed by atoms with Crippen molar-refractivity contribution in [1.82, 2.24) is 0 Å². The average molecular weight is 349 g/mol. The Morgan fingerprint density at radius 1 is 0.905 bits per heavy atom. The summed E-state index contributed by atoms with van der Waals surface area (Å²) < 4.78 is 5.41. The third-order valence-corrected chi connectivity index (χ3v) is 3.21. The van der Waals surface area contributed by atoms with Gasteiger partial charge in [-0.15, -0.1) is 0 Å². The van der Waals surface area contributed by atoms with Gasteiger partial charge in [-0.3, -0.25) is 10.1 Å². The second-order valence-electron chi connectivity index (χ2n) is 4.15. The zero-order valence-electron chi connectivity index (χ0n) is 11.2. The first-order valence-corrected chi connectivity index (χ1v) is 6.90. The quantitative estimate of drug-likeness (QED) is 0.884. The first kappa shape index (κ1) is 15.1. The maximum Gasteiger partial charge on any atom is 0.411 e. The molecule has 21 heavy (non-hydrogen) atoms. The number of halogens is 1. The molecule has 2 aromatic rings. The van der Waals surface area contributed by atoms with Gasteiger partial charge in [-0.1, -0.05) is 15.9 Å². The van der Waals surface area contributed by atoms with Gasteiger partial charge in [0, 0.05) is 21.4 Å². The van der Waals surface area contributed by atoms with Crippen LogP contribution < -0.4 is 10.6 Å². The number of ether oxygens (including phenoxy) is 1. The molecule has 108 valence electrons. The molecular weight excluding hydrogens is 336 g/mol. The van der Waals surface area contributed by atoms with Crippen LogP contribution in [0.4, 0.5) is 16.2 Å². The first-order chi connectivity index (χ1) is 10.1. The molecule has 5 nitrogen and oxygen atoms in total. The largest absolute Gasteiger partial charge is 0.453 e. The van der Waals surface area contributed by atoms with Crippen molar-refractivity contribution in [3.63, 3.8) is 0 Å². The number of carbonyl (C=O) groups excluding carboxylic acids is 2. The highest BCUT2D eigenvalue weighted by atomic mass is 79.9. The van der Waals surface area contributed by atoms with Crippen LogP contribution in [0.25, 0.3) is 0 Å². The molecule has 0 bridgehead atoms. The fourth-order valence-corrected chi connectivity index (χ4v) is 1.87. The summed E-state index contributed by atoms with van der Waals surface area (Å²) in [4.78, 5) is 23.1. The summed E-state index contributed by atoms with van der Waals surface area (Å²) in [6.45, 7) is 0. The molecule has 2 amide bonds. The minimum Gasteiger partial charge on any atom is -0.453 e. The number of anilines is 2. The lowest BCUT2D eigenvalue weighted by molar-refractivity contribution is 0.102. The van der Waals surface area contributed by atoms with Crippen molar-refractivity contribution >= 4 is 39.3 Å². The van der Waals surface area contributed by atoms with E-state index < -0.39 is 6.09 Å². The fourth-order valence-electron chi connectivity index (χ4n) is 1.61. The lowest BCUT2D eigenvalue weighted by atomic mass is 10.2. The van der Waals surface area contributed by atoms with Crippen LogP contribution in [0, 0.1) is 0 Å². The van der Waals surface area contributed by atoms with E-state index in [1.807, 2.05) is 0 Å². The Balaban J connectivity index is 2.01. The predicted octanol–water partition coefficient (Wildman–Crippen LogP) is 3.88. The van der Waals surface area contributed by atoms with Crippen molar-refractivity contribution in [2.75, 3.05) is 17.7 Å². The van der Waals surface area contributed by atoms with Gasteiger partial charge in [0.1, 0.15) is 0 Å². The topological polar surface area (TPSA) is 67.4 Å². The second-order valence-corrected chi connectivity index (χ2v) is 5.07. The molecule has 0 fully saturated rings. The van der Waals surface area contributed by atoms with Gasteiger partial charge in [-0.25, -0.2) is 4.79 Å². The molecule has 6 heteroatoms. The summed E-state index contributed by atoms with van der Waals surface area (Å²) in [5, 5.41) is 5.30. The number of benzene rings is 2. The average Bonchev–Trinajstić information content (AvgIpc) is 2.49. The van der Waals surface area contributed by atoms with E-state index in [1.54, 1.807) is 48.5 Å². The molecule has 0 unspecified atom stereocenters. The third-order valence-electron chi connectivity index (χ3n) is 2.68. The van der Waals surface area contributed by atoms with E-state index in [9.17, 15) is 9.59 Å². The Labute approximate surface area is 130 Å². The molecule has 2 aromatic carbocycles. The highest BCUT2D eigenvalue weighted by molar-refractivity contribution is 9.10. The molecule has 0 aliphatic heterocycles. The maximum absolute atomic E-state index is 12.0. The molecule has 2 rings (SSSR count). The molecule has 0 spiro atoms. The Bertz CT molecular complexity index is 639. The Morgan fingerprint density at radius 2 is 1.43 bits per heavy atom.